The van der Waals surface area contributed by atoms with Crippen molar-refractivity contribution in [2.45, 2.75) is 19.4 Å². The lowest BCUT2D eigenvalue weighted by atomic mass is 10.1. The number of hydrogen-bond donors (Lipinski definition) is 1. The van der Waals surface area contributed by atoms with Crippen molar-refractivity contribution in [3.05, 3.63) is 36.5 Å². The SMILES string of the molecule is CC(C)(C(=O)O)n1nnnc1-c1ccc2ncccc2c1. The van der Waals surface area contributed by atoms with E-state index in [1.54, 1.807) is 20.0 Å². The van der Waals surface area contributed by atoms with Gasteiger partial charge in [-0.2, -0.15) is 0 Å². The first kappa shape index (κ1) is 13.2. The third-order valence-electron chi connectivity index (χ3n) is 3.38. The van der Waals surface area contributed by atoms with Crippen LogP contribution in [0.15, 0.2) is 36.5 Å². The lowest BCUT2D eigenvalue weighted by Crippen LogP contribution is -2.37. The van der Waals surface area contributed by atoms with Crippen LogP contribution in [-0.2, 0) is 10.3 Å². The number of aromatic nitrogens is 5. The second kappa shape index (κ2) is 4.62. The van der Waals surface area contributed by atoms with Crippen LogP contribution in [0.1, 0.15) is 13.8 Å². The minimum atomic E-state index is -1.23. The van der Waals surface area contributed by atoms with E-state index in [2.05, 4.69) is 20.5 Å². The quantitative estimate of drug-likeness (QED) is 0.786. The monoisotopic (exact) mass is 283 g/mol. The number of carboxylic acids is 1. The molecule has 3 aromatic rings. The summed E-state index contributed by atoms with van der Waals surface area (Å²) in [4.78, 5) is 15.6. The Kier molecular flexibility index (Phi) is 2.90. The molecule has 2 aromatic heterocycles. The molecule has 1 aromatic carbocycles. The fourth-order valence-electron chi connectivity index (χ4n) is 2.05. The van der Waals surface area contributed by atoms with E-state index in [4.69, 9.17) is 0 Å². The third kappa shape index (κ3) is 2.12. The van der Waals surface area contributed by atoms with Crippen molar-refractivity contribution in [3.8, 4) is 11.4 Å². The van der Waals surface area contributed by atoms with E-state index in [9.17, 15) is 9.90 Å². The molecule has 0 saturated heterocycles. The fourth-order valence-corrected chi connectivity index (χ4v) is 2.05. The molecule has 0 radical (unpaired) electrons. The molecule has 21 heavy (non-hydrogen) atoms. The summed E-state index contributed by atoms with van der Waals surface area (Å²) in [6.45, 7) is 3.11. The highest BCUT2D eigenvalue weighted by Crippen LogP contribution is 2.25. The van der Waals surface area contributed by atoms with Crippen LogP contribution in [0.3, 0.4) is 0 Å². The highest BCUT2D eigenvalue weighted by Gasteiger charge is 2.33. The van der Waals surface area contributed by atoms with E-state index >= 15 is 0 Å². The number of carbonyl (C=O) groups is 1. The molecule has 1 N–H and O–H groups in total. The highest BCUT2D eigenvalue weighted by atomic mass is 16.4. The average molecular weight is 283 g/mol. The summed E-state index contributed by atoms with van der Waals surface area (Å²) < 4.78 is 1.31. The fraction of sp³-hybridized carbons (Fsp3) is 0.214. The van der Waals surface area contributed by atoms with Crippen LogP contribution < -0.4 is 0 Å². The Hall–Kier alpha value is -2.83. The normalized spacial score (nSPS) is 11.7. The number of carboxylic acid groups (broad SMARTS) is 1. The average Bonchev–Trinajstić information content (AvgIpc) is 2.96. The van der Waals surface area contributed by atoms with Gasteiger partial charge in [-0.05, 0) is 48.5 Å². The third-order valence-corrected chi connectivity index (χ3v) is 3.38. The molecule has 0 aliphatic heterocycles. The molecule has 0 aliphatic rings. The van der Waals surface area contributed by atoms with Crippen molar-refractivity contribution in [2.24, 2.45) is 0 Å². The van der Waals surface area contributed by atoms with Gasteiger partial charge in [0.2, 0.25) is 0 Å². The molecule has 0 fully saturated rings. The van der Waals surface area contributed by atoms with E-state index in [1.165, 1.54) is 4.68 Å². The molecule has 7 heteroatoms. The van der Waals surface area contributed by atoms with Gasteiger partial charge in [-0.15, -0.1) is 5.10 Å². The van der Waals surface area contributed by atoms with Gasteiger partial charge in [0.25, 0.3) is 0 Å². The van der Waals surface area contributed by atoms with Gasteiger partial charge in [-0.25, -0.2) is 9.48 Å². The summed E-state index contributed by atoms with van der Waals surface area (Å²) >= 11 is 0. The first-order valence-electron chi connectivity index (χ1n) is 6.37. The molecule has 0 unspecified atom stereocenters. The molecule has 0 spiro atoms. The topological polar surface area (TPSA) is 93.8 Å². The van der Waals surface area contributed by atoms with Crippen LogP contribution in [0.5, 0.6) is 0 Å². The van der Waals surface area contributed by atoms with Gasteiger partial charge in [-0.1, -0.05) is 6.07 Å². The summed E-state index contributed by atoms with van der Waals surface area (Å²) in [6, 6.07) is 9.36. The predicted molar refractivity (Wildman–Crippen MR) is 75.5 cm³/mol. The molecule has 106 valence electrons. The first-order chi connectivity index (χ1) is 10.00. The zero-order chi connectivity index (χ0) is 15.0. The number of benzene rings is 1. The molecular weight excluding hydrogens is 270 g/mol. The number of fused-ring (bicyclic) bond motifs is 1. The summed E-state index contributed by atoms with van der Waals surface area (Å²) in [5.41, 5.74) is 0.371. The van der Waals surface area contributed by atoms with E-state index in [0.717, 1.165) is 16.5 Å². The number of hydrogen-bond acceptors (Lipinski definition) is 5. The summed E-state index contributed by atoms with van der Waals surface area (Å²) in [5, 5.41) is 21.7. The second-order valence-electron chi connectivity index (χ2n) is 5.19. The summed E-state index contributed by atoms with van der Waals surface area (Å²) in [6.07, 6.45) is 1.72. The number of tetrazole rings is 1. The summed E-state index contributed by atoms with van der Waals surface area (Å²) in [5.74, 6) is -0.591. The Balaban J connectivity index is 2.16. The number of nitrogens with zero attached hydrogens (tertiary/aromatic N) is 5. The Morgan fingerprint density at radius 2 is 2.10 bits per heavy atom. The molecule has 0 aliphatic carbocycles. The summed E-state index contributed by atoms with van der Waals surface area (Å²) in [7, 11) is 0. The van der Waals surface area contributed by atoms with E-state index in [-0.39, 0.29) is 0 Å². The lowest BCUT2D eigenvalue weighted by Gasteiger charge is -2.20. The maximum Gasteiger partial charge on any atom is 0.331 e. The van der Waals surface area contributed by atoms with E-state index < -0.39 is 11.5 Å². The van der Waals surface area contributed by atoms with Gasteiger partial charge in [0.15, 0.2) is 11.4 Å². The Morgan fingerprint density at radius 1 is 1.29 bits per heavy atom. The minimum absolute atomic E-state index is 0.410. The molecular formula is C14H13N5O2. The number of rotatable bonds is 3. The maximum absolute atomic E-state index is 11.4. The van der Waals surface area contributed by atoms with Crippen LogP contribution in [0.25, 0.3) is 22.3 Å². The minimum Gasteiger partial charge on any atom is -0.479 e. The number of pyridine rings is 1. The van der Waals surface area contributed by atoms with Crippen molar-refractivity contribution in [3.63, 3.8) is 0 Å². The van der Waals surface area contributed by atoms with E-state index in [0.29, 0.717) is 5.82 Å². The van der Waals surface area contributed by atoms with Gasteiger partial charge in [0.05, 0.1) is 5.52 Å². The van der Waals surface area contributed by atoms with Crippen molar-refractivity contribution in [1.82, 2.24) is 25.2 Å². The van der Waals surface area contributed by atoms with Crippen LogP contribution in [0, 0.1) is 0 Å². The molecule has 2 heterocycles. The van der Waals surface area contributed by atoms with E-state index in [1.807, 2.05) is 30.3 Å². The van der Waals surface area contributed by atoms with Crippen molar-refractivity contribution in [1.29, 1.82) is 0 Å². The van der Waals surface area contributed by atoms with Crippen LogP contribution in [-0.4, -0.2) is 36.3 Å². The Labute approximate surface area is 120 Å². The standard InChI is InChI=1S/C14H13N5O2/c1-14(2,13(20)21)19-12(16-17-18-19)10-5-6-11-9(8-10)4-3-7-15-11/h3-8H,1-2H3,(H,20,21). The Morgan fingerprint density at radius 3 is 2.86 bits per heavy atom. The smallest absolute Gasteiger partial charge is 0.331 e. The lowest BCUT2D eigenvalue weighted by molar-refractivity contribution is -0.146. The van der Waals surface area contributed by atoms with Crippen LogP contribution >= 0.6 is 0 Å². The molecule has 0 amide bonds. The zero-order valence-electron chi connectivity index (χ0n) is 11.6. The molecule has 3 rings (SSSR count). The van der Waals surface area contributed by atoms with Gasteiger partial charge in [-0.3, -0.25) is 4.98 Å². The maximum atomic E-state index is 11.4. The largest absolute Gasteiger partial charge is 0.479 e. The van der Waals surface area contributed by atoms with Crippen LogP contribution in [0.2, 0.25) is 0 Å². The molecule has 0 bridgehead atoms. The van der Waals surface area contributed by atoms with Gasteiger partial charge in [0.1, 0.15) is 0 Å². The van der Waals surface area contributed by atoms with Crippen molar-refractivity contribution in [2.75, 3.05) is 0 Å². The predicted octanol–water partition coefficient (Wildman–Crippen LogP) is 1.71. The zero-order valence-corrected chi connectivity index (χ0v) is 11.6. The van der Waals surface area contributed by atoms with Crippen molar-refractivity contribution < 1.29 is 9.90 Å². The van der Waals surface area contributed by atoms with Gasteiger partial charge < -0.3 is 5.11 Å². The van der Waals surface area contributed by atoms with Gasteiger partial charge >= 0.3 is 5.97 Å². The molecule has 0 saturated carbocycles. The number of aliphatic carboxylic acids is 1. The molecule has 0 atom stereocenters. The second-order valence-corrected chi connectivity index (χ2v) is 5.19. The Bertz CT molecular complexity index is 825. The first-order valence-corrected chi connectivity index (χ1v) is 6.37. The molecule has 7 nitrogen and oxygen atoms in total. The van der Waals surface area contributed by atoms with Crippen molar-refractivity contribution >= 4 is 16.9 Å². The highest BCUT2D eigenvalue weighted by molar-refractivity contribution is 5.83. The van der Waals surface area contributed by atoms with Gasteiger partial charge in [0, 0.05) is 17.1 Å². The van der Waals surface area contributed by atoms with Crippen LogP contribution in [0.4, 0.5) is 0 Å².